The Labute approximate surface area is 118 Å². The van der Waals surface area contributed by atoms with Gasteiger partial charge in [0, 0.05) is 22.5 Å². The molecule has 1 aromatic heterocycles. The fraction of sp³-hybridized carbons (Fsp3) is 0.643. The lowest BCUT2D eigenvalue weighted by Gasteiger charge is -2.19. The molecule has 0 saturated carbocycles. The second kappa shape index (κ2) is 4.57. The van der Waals surface area contributed by atoms with Crippen molar-refractivity contribution in [1.29, 1.82) is 0 Å². The second-order valence-electron chi connectivity index (χ2n) is 5.36. The lowest BCUT2D eigenvalue weighted by Crippen LogP contribution is -2.19. The van der Waals surface area contributed by atoms with Gasteiger partial charge in [0.1, 0.15) is 16.7 Å². The zero-order chi connectivity index (χ0) is 12.8. The summed E-state index contributed by atoms with van der Waals surface area (Å²) in [6, 6.07) is 0. The van der Waals surface area contributed by atoms with E-state index in [9.17, 15) is 0 Å². The van der Waals surface area contributed by atoms with Crippen LogP contribution in [0.25, 0.3) is 0 Å². The molecule has 0 N–H and O–H groups in total. The molecule has 0 aromatic carbocycles. The Morgan fingerprint density at radius 2 is 1.61 bits per heavy atom. The molecule has 2 aliphatic carbocycles. The van der Waals surface area contributed by atoms with Crippen LogP contribution in [0.15, 0.2) is 0 Å². The Kier molecular flexibility index (Phi) is 3.19. The van der Waals surface area contributed by atoms with Crippen LogP contribution in [-0.2, 0) is 25.7 Å². The van der Waals surface area contributed by atoms with Crippen LogP contribution in [0.4, 0.5) is 0 Å². The molecule has 0 amide bonds. The first kappa shape index (κ1) is 12.6. The Hall–Kier alpha value is -0.470. The van der Waals surface area contributed by atoms with Crippen molar-refractivity contribution in [3.8, 4) is 5.75 Å². The van der Waals surface area contributed by atoms with E-state index < -0.39 is 4.33 Å². The molecule has 0 spiro atoms. The molecular formula is C14H17Cl2NO. The quantitative estimate of drug-likeness (QED) is 0.792. The molecule has 0 aliphatic heterocycles. The van der Waals surface area contributed by atoms with Gasteiger partial charge in [-0.2, -0.15) is 0 Å². The highest BCUT2D eigenvalue weighted by Crippen LogP contribution is 2.39. The van der Waals surface area contributed by atoms with Crippen molar-refractivity contribution >= 4 is 23.2 Å². The van der Waals surface area contributed by atoms with E-state index in [4.69, 9.17) is 32.9 Å². The van der Waals surface area contributed by atoms with E-state index in [1.165, 1.54) is 35.4 Å². The lowest BCUT2D eigenvalue weighted by molar-refractivity contribution is 0.302. The van der Waals surface area contributed by atoms with Gasteiger partial charge < -0.3 is 4.74 Å². The molecule has 3 rings (SSSR count). The molecule has 0 fully saturated rings. The van der Waals surface area contributed by atoms with Crippen molar-refractivity contribution in [2.24, 2.45) is 0 Å². The Morgan fingerprint density at radius 3 is 2.11 bits per heavy atom. The van der Waals surface area contributed by atoms with Gasteiger partial charge in [-0.3, -0.25) is 4.98 Å². The van der Waals surface area contributed by atoms with E-state index in [-0.39, 0.29) is 0 Å². The van der Waals surface area contributed by atoms with E-state index in [0.717, 1.165) is 31.4 Å². The van der Waals surface area contributed by atoms with Crippen LogP contribution in [0.3, 0.4) is 0 Å². The highest BCUT2D eigenvalue weighted by Gasteiger charge is 2.28. The molecule has 0 unspecified atom stereocenters. The standard InChI is InChI=1S/C14H17Cl2NO/c1-14(15,16)8-18-13-9-4-2-6-11(9)17-12-7-3-5-10(12)13/h2-8H2,1H3. The highest BCUT2D eigenvalue weighted by molar-refractivity contribution is 6.48. The summed E-state index contributed by atoms with van der Waals surface area (Å²) in [6.45, 7) is 2.09. The minimum atomic E-state index is -0.833. The van der Waals surface area contributed by atoms with Crippen molar-refractivity contribution < 1.29 is 4.74 Å². The lowest BCUT2D eigenvalue weighted by atomic mass is 10.1. The van der Waals surface area contributed by atoms with Gasteiger partial charge >= 0.3 is 0 Å². The number of hydrogen-bond donors (Lipinski definition) is 0. The van der Waals surface area contributed by atoms with Gasteiger partial charge in [0.25, 0.3) is 0 Å². The Bertz CT molecular complexity index is 447. The van der Waals surface area contributed by atoms with Crippen molar-refractivity contribution in [3.05, 3.63) is 22.5 Å². The fourth-order valence-electron chi connectivity index (χ4n) is 2.91. The number of alkyl halides is 2. The third-order valence-corrected chi connectivity index (χ3v) is 3.88. The predicted octanol–water partition coefficient (Wildman–Crippen LogP) is 3.63. The van der Waals surface area contributed by atoms with Gasteiger partial charge in [-0.1, -0.05) is 23.2 Å². The Balaban J connectivity index is 1.97. The maximum atomic E-state index is 6.01. The first-order chi connectivity index (χ1) is 8.54. The van der Waals surface area contributed by atoms with Gasteiger partial charge in [0.05, 0.1) is 0 Å². The van der Waals surface area contributed by atoms with E-state index in [0.29, 0.717) is 6.61 Å². The molecule has 18 heavy (non-hydrogen) atoms. The van der Waals surface area contributed by atoms with Crippen LogP contribution in [0.1, 0.15) is 42.3 Å². The molecule has 4 heteroatoms. The van der Waals surface area contributed by atoms with Crippen molar-refractivity contribution in [2.75, 3.05) is 6.61 Å². The smallest absolute Gasteiger partial charge is 0.149 e. The number of pyridine rings is 1. The summed E-state index contributed by atoms with van der Waals surface area (Å²) >= 11 is 12.0. The first-order valence-electron chi connectivity index (χ1n) is 6.59. The van der Waals surface area contributed by atoms with Gasteiger partial charge in [-0.05, 0) is 45.4 Å². The summed E-state index contributed by atoms with van der Waals surface area (Å²) in [6.07, 6.45) is 6.68. The van der Waals surface area contributed by atoms with Crippen LogP contribution in [0, 0.1) is 0 Å². The van der Waals surface area contributed by atoms with Crippen LogP contribution in [-0.4, -0.2) is 15.9 Å². The number of aryl methyl sites for hydroxylation is 2. The minimum absolute atomic E-state index is 0.332. The highest BCUT2D eigenvalue weighted by atomic mass is 35.5. The molecule has 2 nitrogen and oxygen atoms in total. The number of halogens is 2. The van der Waals surface area contributed by atoms with Crippen LogP contribution in [0.2, 0.25) is 0 Å². The number of aromatic nitrogens is 1. The summed E-state index contributed by atoms with van der Waals surface area (Å²) in [5.74, 6) is 1.04. The van der Waals surface area contributed by atoms with Gasteiger partial charge in [-0.15, -0.1) is 0 Å². The zero-order valence-corrected chi connectivity index (χ0v) is 12.1. The van der Waals surface area contributed by atoms with Crippen molar-refractivity contribution in [2.45, 2.75) is 49.8 Å². The third-order valence-electron chi connectivity index (χ3n) is 3.67. The summed E-state index contributed by atoms with van der Waals surface area (Å²) < 4.78 is 5.12. The molecule has 0 atom stereocenters. The maximum Gasteiger partial charge on any atom is 0.149 e. The van der Waals surface area contributed by atoms with E-state index >= 15 is 0 Å². The van der Waals surface area contributed by atoms with Crippen LogP contribution in [0.5, 0.6) is 5.75 Å². The molecule has 0 bridgehead atoms. The number of fused-ring (bicyclic) bond motifs is 2. The predicted molar refractivity (Wildman–Crippen MR) is 73.9 cm³/mol. The summed E-state index contributed by atoms with van der Waals surface area (Å²) in [5, 5.41) is 0. The topological polar surface area (TPSA) is 22.1 Å². The van der Waals surface area contributed by atoms with Gasteiger partial charge in [-0.25, -0.2) is 0 Å². The van der Waals surface area contributed by atoms with E-state index in [2.05, 4.69) is 0 Å². The molecule has 98 valence electrons. The number of ether oxygens (including phenoxy) is 1. The first-order valence-corrected chi connectivity index (χ1v) is 7.34. The SMILES string of the molecule is CC(Cl)(Cl)COc1c2c(nc3c1CCC3)CCC2. The van der Waals surface area contributed by atoms with E-state index in [1.807, 2.05) is 0 Å². The normalized spacial score (nSPS) is 17.7. The molecule has 2 aliphatic rings. The summed E-state index contributed by atoms with van der Waals surface area (Å²) in [5.41, 5.74) is 5.06. The molecule has 0 radical (unpaired) electrons. The Morgan fingerprint density at radius 1 is 1.06 bits per heavy atom. The molecule has 0 saturated heterocycles. The number of nitrogens with zero attached hydrogens (tertiary/aromatic N) is 1. The van der Waals surface area contributed by atoms with E-state index in [1.54, 1.807) is 6.92 Å². The van der Waals surface area contributed by atoms with Crippen LogP contribution < -0.4 is 4.74 Å². The van der Waals surface area contributed by atoms with Crippen LogP contribution >= 0.6 is 23.2 Å². The fourth-order valence-corrected chi connectivity index (χ4v) is 3.02. The monoisotopic (exact) mass is 285 g/mol. The second-order valence-corrected chi connectivity index (χ2v) is 7.22. The average molecular weight is 286 g/mol. The van der Waals surface area contributed by atoms with Crippen molar-refractivity contribution in [3.63, 3.8) is 0 Å². The minimum Gasteiger partial charge on any atom is -0.490 e. The zero-order valence-electron chi connectivity index (χ0n) is 10.6. The van der Waals surface area contributed by atoms with Gasteiger partial charge in [0.2, 0.25) is 0 Å². The average Bonchev–Trinajstić information content (AvgIpc) is 2.89. The summed E-state index contributed by atoms with van der Waals surface area (Å²) in [7, 11) is 0. The van der Waals surface area contributed by atoms with Crippen molar-refractivity contribution in [1.82, 2.24) is 4.98 Å². The summed E-state index contributed by atoms with van der Waals surface area (Å²) in [4.78, 5) is 4.79. The molecular weight excluding hydrogens is 269 g/mol. The number of rotatable bonds is 3. The third kappa shape index (κ3) is 2.33. The largest absolute Gasteiger partial charge is 0.490 e. The van der Waals surface area contributed by atoms with Gasteiger partial charge in [0.15, 0.2) is 0 Å². The molecule has 1 aromatic rings. The number of hydrogen-bond acceptors (Lipinski definition) is 2. The maximum absolute atomic E-state index is 6.01. The molecule has 1 heterocycles.